The zero-order valence-electron chi connectivity index (χ0n) is 17.9. The monoisotopic (exact) mass is 463 g/mol. The first-order valence-corrected chi connectivity index (χ1v) is 10.7. The third-order valence-electron chi connectivity index (χ3n) is 5.80. The molecule has 2 aromatic rings. The van der Waals surface area contributed by atoms with Crippen LogP contribution in [0.5, 0.6) is 0 Å². The third-order valence-corrected chi connectivity index (χ3v) is 5.80. The molecule has 8 nitrogen and oxygen atoms in total. The van der Waals surface area contributed by atoms with Crippen LogP contribution < -0.4 is 10.2 Å². The minimum Gasteiger partial charge on any atom is -0.381 e. The highest BCUT2D eigenvalue weighted by Crippen LogP contribution is 2.28. The largest absolute Gasteiger partial charge is 0.419 e. The molecule has 2 amide bonds. The van der Waals surface area contributed by atoms with E-state index >= 15 is 0 Å². The molecule has 1 aromatic carbocycles. The lowest BCUT2D eigenvalue weighted by Crippen LogP contribution is -2.49. The van der Waals surface area contributed by atoms with E-state index in [1.165, 1.54) is 0 Å². The fraction of sp³-hybridized carbons (Fsp3) is 0.455. The highest BCUT2D eigenvalue weighted by molar-refractivity contribution is 5.98. The lowest BCUT2D eigenvalue weighted by molar-refractivity contribution is -0.138. The molecule has 176 valence electrons. The quantitative estimate of drug-likeness (QED) is 0.633. The van der Waals surface area contributed by atoms with Crippen LogP contribution in [0.3, 0.4) is 0 Å². The molecule has 11 heteroatoms. The molecule has 0 bridgehead atoms. The Morgan fingerprint density at radius 2 is 1.82 bits per heavy atom. The number of rotatable bonds is 7. The summed E-state index contributed by atoms with van der Waals surface area (Å²) in [6.45, 7) is 3.07. The molecule has 1 N–H and O–H groups in total. The second kappa shape index (κ2) is 9.74. The first kappa shape index (κ1) is 23.0. The van der Waals surface area contributed by atoms with Crippen molar-refractivity contribution in [3.63, 3.8) is 0 Å². The molecule has 0 spiro atoms. The number of hydrogen-bond acceptors (Lipinski definition) is 6. The molecule has 0 aliphatic carbocycles. The summed E-state index contributed by atoms with van der Waals surface area (Å²) in [5, 5.41) is 2.81. The Morgan fingerprint density at radius 3 is 2.52 bits per heavy atom. The molecule has 1 saturated heterocycles. The number of carbonyl (C=O) groups is 2. The van der Waals surface area contributed by atoms with Crippen molar-refractivity contribution in [3.8, 4) is 0 Å². The first-order chi connectivity index (χ1) is 15.8. The predicted octanol–water partition coefficient (Wildman–Crippen LogP) is 2.04. The predicted molar refractivity (Wildman–Crippen MR) is 113 cm³/mol. The molecular weight excluding hydrogens is 439 g/mol. The average molecular weight is 463 g/mol. The third kappa shape index (κ3) is 5.41. The smallest absolute Gasteiger partial charge is 0.381 e. The molecule has 33 heavy (non-hydrogen) atoms. The molecule has 1 aromatic heterocycles. The number of aromatic nitrogens is 2. The first-order valence-electron chi connectivity index (χ1n) is 10.7. The normalized spacial score (nSPS) is 16.0. The van der Waals surface area contributed by atoms with Crippen molar-refractivity contribution in [2.75, 3.05) is 44.3 Å². The van der Waals surface area contributed by atoms with Gasteiger partial charge in [0.15, 0.2) is 0 Å². The van der Waals surface area contributed by atoms with Gasteiger partial charge in [-0.1, -0.05) is 12.1 Å². The molecule has 0 unspecified atom stereocenters. The van der Waals surface area contributed by atoms with Crippen molar-refractivity contribution in [1.29, 1.82) is 0 Å². The molecule has 2 aliphatic rings. The van der Waals surface area contributed by atoms with E-state index in [0.29, 0.717) is 57.9 Å². The number of nitrogens with zero attached hydrogens (tertiary/aromatic N) is 4. The van der Waals surface area contributed by atoms with E-state index in [-0.39, 0.29) is 24.2 Å². The van der Waals surface area contributed by atoms with Crippen LogP contribution in [0.2, 0.25) is 0 Å². The van der Waals surface area contributed by atoms with Gasteiger partial charge < -0.3 is 19.9 Å². The fourth-order valence-electron chi connectivity index (χ4n) is 3.94. The van der Waals surface area contributed by atoms with Crippen molar-refractivity contribution < 1.29 is 27.5 Å². The van der Waals surface area contributed by atoms with Gasteiger partial charge in [0.05, 0.1) is 25.2 Å². The summed E-state index contributed by atoms with van der Waals surface area (Å²) in [6.07, 6.45) is -2.00. The molecule has 0 radical (unpaired) electrons. The van der Waals surface area contributed by atoms with E-state index in [9.17, 15) is 22.8 Å². The Kier molecular flexibility index (Phi) is 6.77. The van der Waals surface area contributed by atoms with Gasteiger partial charge >= 0.3 is 6.18 Å². The van der Waals surface area contributed by atoms with Crippen molar-refractivity contribution in [2.24, 2.45) is 0 Å². The van der Waals surface area contributed by atoms with Crippen molar-refractivity contribution >= 4 is 17.8 Å². The number of benzene rings is 1. The van der Waals surface area contributed by atoms with Gasteiger partial charge in [-0.15, -0.1) is 0 Å². The maximum absolute atomic E-state index is 12.6. The van der Waals surface area contributed by atoms with Crippen LogP contribution in [0.15, 0.2) is 30.6 Å². The Hall–Kier alpha value is -3.21. The van der Waals surface area contributed by atoms with Gasteiger partial charge in [0, 0.05) is 50.7 Å². The summed E-state index contributed by atoms with van der Waals surface area (Å²) in [5.41, 5.74) is 1.90. The number of hydrogen-bond donors (Lipinski definition) is 1. The summed E-state index contributed by atoms with van der Waals surface area (Å²) in [4.78, 5) is 35.3. The number of carbonyl (C=O) groups excluding carboxylic acids is 2. The van der Waals surface area contributed by atoms with E-state index < -0.39 is 11.7 Å². The second-order valence-electron chi connectivity index (χ2n) is 7.88. The van der Waals surface area contributed by atoms with Gasteiger partial charge in [0.25, 0.3) is 5.91 Å². The summed E-state index contributed by atoms with van der Waals surface area (Å²) in [5.74, 6) is 0.143. The van der Waals surface area contributed by atoms with Crippen molar-refractivity contribution in [2.45, 2.75) is 25.6 Å². The molecule has 0 atom stereocenters. The number of anilines is 1. The van der Waals surface area contributed by atoms with Gasteiger partial charge in [0.1, 0.15) is 0 Å². The van der Waals surface area contributed by atoms with Crippen molar-refractivity contribution in [3.05, 3.63) is 52.8 Å². The number of fused-ring (bicyclic) bond motifs is 1. The Bertz CT molecular complexity index is 1010. The topological polar surface area (TPSA) is 87.7 Å². The number of alkyl halides is 3. The second-order valence-corrected chi connectivity index (χ2v) is 7.88. The minimum absolute atomic E-state index is 0.0293. The van der Waals surface area contributed by atoms with Crippen LogP contribution in [-0.2, 0) is 28.7 Å². The van der Waals surface area contributed by atoms with Gasteiger partial charge in [0.2, 0.25) is 11.9 Å². The van der Waals surface area contributed by atoms with Crippen LogP contribution >= 0.6 is 0 Å². The zero-order valence-corrected chi connectivity index (χ0v) is 17.9. The lowest BCUT2D eigenvalue weighted by atomic mass is 10.0. The van der Waals surface area contributed by atoms with Gasteiger partial charge in [-0.25, -0.2) is 9.97 Å². The molecular formula is C22H24F3N5O3. The number of halogens is 3. The Balaban J connectivity index is 1.16. The Morgan fingerprint density at radius 1 is 1.09 bits per heavy atom. The number of piperazine rings is 1. The number of ether oxygens (including phenoxy) is 1. The van der Waals surface area contributed by atoms with Crippen LogP contribution in [0.25, 0.3) is 0 Å². The molecule has 2 aliphatic heterocycles. The van der Waals surface area contributed by atoms with Gasteiger partial charge in [-0.2, -0.15) is 13.2 Å². The van der Waals surface area contributed by atoms with E-state index in [1.54, 1.807) is 9.80 Å². The van der Waals surface area contributed by atoms with Crippen molar-refractivity contribution in [1.82, 2.24) is 20.2 Å². The van der Waals surface area contributed by atoms with Crippen LogP contribution in [0, 0.1) is 0 Å². The van der Waals surface area contributed by atoms with Crippen LogP contribution in [-0.4, -0.2) is 66.1 Å². The average Bonchev–Trinajstić information content (AvgIpc) is 3.20. The fourth-order valence-corrected chi connectivity index (χ4v) is 3.94. The summed E-state index contributed by atoms with van der Waals surface area (Å²) >= 11 is 0. The summed E-state index contributed by atoms with van der Waals surface area (Å²) in [6, 6.07) is 5.65. The van der Waals surface area contributed by atoms with Crippen LogP contribution in [0.4, 0.5) is 19.1 Å². The van der Waals surface area contributed by atoms with E-state index in [1.807, 2.05) is 18.2 Å². The number of nitrogens with one attached hydrogen (secondary N) is 1. The minimum atomic E-state index is -4.47. The molecule has 4 rings (SSSR count). The maximum Gasteiger partial charge on any atom is 0.419 e. The van der Waals surface area contributed by atoms with Crippen LogP contribution in [0.1, 0.15) is 33.5 Å². The maximum atomic E-state index is 12.6. The zero-order chi connectivity index (χ0) is 23.4. The highest BCUT2D eigenvalue weighted by Gasteiger charge is 2.32. The van der Waals surface area contributed by atoms with E-state index in [0.717, 1.165) is 23.5 Å². The summed E-state index contributed by atoms with van der Waals surface area (Å²) in [7, 11) is 0. The standard InChI is InChI=1S/C22H24F3N5O3/c23-22(24,25)16-12-27-21(28-13-16)30-8-6-29(7-9-30)19(31)5-11-33-10-4-15-2-1-3-17-18(15)14-26-20(17)32/h1-3,12-13H,4-11,14H2,(H,26,32). The number of amides is 2. The Labute approximate surface area is 188 Å². The molecule has 1 fully saturated rings. The highest BCUT2D eigenvalue weighted by atomic mass is 19.4. The van der Waals surface area contributed by atoms with E-state index in [2.05, 4.69) is 15.3 Å². The molecule has 3 heterocycles. The molecule has 0 saturated carbocycles. The van der Waals surface area contributed by atoms with E-state index in [4.69, 9.17) is 4.74 Å². The van der Waals surface area contributed by atoms with Gasteiger partial charge in [-0.3, -0.25) is 9.59 Å². The van der Waals surface area contributed by atoms with Gasteiger partial charge in [-0.05, 0) is 23.6 Å². The lowest BCUT2D eigenvalue weighted by Gasteiger charge is -2.34. The summed E-state index contributed by atoms with van der Waals surface area (Å²) < 4.78 is 43.6. The SMILES string of the molecule is O=C1NCc2c(CCOCCC(=O)N3CCN(c4ncc(C(F)(F)F)cn4)CC3)cccc21.